The van der Waals surface area contributed by atoms with Crippen LogP contribution in [0.25, 0.3) is 0 Å². The average Bonchev–Trinajstić information content (AvgIpc) is 3.13. The molecule has 4 rings (SSSR count). The summed E-state index contributed by atoms with van der Waals surface area (Å²) >= 11 is 0. The SMILES string of the molecule is Cc1cc(C(F)(F)C(=O)NCC2=CC=C3C(=O)N(C4CCC(=O)NC4C)CC3C2)ccc1OC(C)C. The summed E-state index contributed by atoms with van der Waals surface area (Å²) in [5.74, 6) is -4.67. The Morgan fingerprint density at radius 2 is 2.03 bits per heavy atom. The van der Waals surface area contributed by atoms with Crippen molar-refractivity contribution >= 4 is 17.7 Å². The lowest BCUT2D eigenvalue weighted by Crippen LogP contribution is -2.54. The molecule has 0 bridgehead atoms. The standard InChI is InChI=1S/C27H33F2N3O4/c1-15(2)36-23-9-6-20(11-16(23)3)27(28,29)26(35)30-13-18-5-7-21-19(12-18)14-32(25(21)34)22-8-10-24(33)31-17(22)4/h5-7,9,11,15,17,19,22H,8,10,12-14H2,1-4H3,(H,30,35)(H,31,33). The van der Waals surface area contributed by atoms with E-state index in [2.05, 4.69) is 10.6 Å². The number of ether oxygens (including phenoxy) is 1. The molecule has 0 spiro atoms. The first-order valence-electron chi connectivity index (χ1n) is 12.4. The van der Waals surface area contributed by atoms with E-state index in [1.54, 1.807) is 19.1 Å². The van der Waals surface area contributed by atoms with Crippen LogP contribution in [0.4, 0.5) is 8.78 Å². The Morgan fingerprint density at radius 3 is 2.69 bits per heavy atom. The number of nitrogens with zero attached hydrogens (tertiary/aromatic N) is 1. The third kappa shape index (κ3) is 5.15. The molecule has 1 aromatic carbocycles. The highest BCUT2D eigenvalue weighted by Gasteiger charge is 2.44. The lowest BCUT2D eigenvalue weighted by Gasteiger charge is -2.36. The number of amides is 3. The molecule has 1 aromatic rings. The maximum atomic E-state index is 14.9. The largest absolute Gasteiger partial charge is 0.491 e. The van der Waals surface area contributed by atoms with E-state index >= 15 is 0 Å². The van der Waals surface area contributed by atoms with Gasteiger partial charge >= 0.3 is 5.92 Å². The van der Waals surface area contributed by atoms with Gasteiger partial charge in [0.05, 0.1) is 12.1 Å². The number of likely N-dealkylation sites (tertiary alicyclic amines) is 1. The van der Waals surface area contributed by atoms with Crippen LogP contribution in [0, 0.1) is 12.8 Å². The van der Waals surface area contributed by atoms with Gasteiger partial charge in [0.15, 0.2) is 0 Å². The molecule has 7 nitrogen and oxygen atoms in total. The minimum atomic E-state index is -3.70. The van der Waals surface area contributed by atoms with Gasteiger partial charge in [-0.05, 0) is 64.3 Å². The molecule has 2 heterocycles. The van der Waals surface area contributed by atoms with Gasteiger partial charge in [0.25, 0.3) is 5.91 Å². The van der Waals surface area contributed by atoms with Crippen molar-refractivity contribution in [2.24, 2.45) is 5.92 Å². The number of carbonyl (C=O) groups excluding carboxylic acids is 3. The topological polar surface area (TPSA) is 87.7 Å². The summed E-state index contributed by atoms with van der Waals surface area (Å²) in [5.41, 5.74) is 1.62. The summed E-state index contributed by atoms with van der Waals surface area (Å²) in [6.07, 6.45) is 4.89. The van der Waals surface area contributed by atoms with Crippen LogP contribution in [-0.2, 0) is 20.3 Å². The minimum absolute atomic E-state index is 0.00600. The molecule has 0 aromatic heterocycles. The summed E-state index contributed by atoms with van der Waals surface area (Å²) in [6.45, 7) is 7.76. The Balaban J connectivity index is 1.36. The highest BCUT2D eigenvalue weighted by atomic mass is 19.3. The van der Waals surface area contributed by atoms with Gasteiger partial charge in [-0.25, -0.2) is 0 Å². The number of hydrogen-bond acceptors (Lipinski definition) is 4. The number of nitrogens with one attached hydrogen (secondary N) is 2. The molecule has 1 aliphatic carbocycles. The van der Waals surface area contributed by atoms with Crippen LogP contribution in [0.3, 0.4) is 0 Å². The fourth-order valence-corrected chi connectivity index (χ4v) is 5.19. The van der Waals surface area contributed by atoms with Crippen molar-refractivity contribution in [3.63, 3.8) is 0 Å². The third-order valence-corrected chi connectivity index (χ3v) is 7.07. The van der Waals surface area contributed by atoms with Gasteiger partial charge < -0.3 is 20.3 Å². The predicted molar refractivity (Wildman–Crippen MR) is 130 cm³/mol. The monoisotopic (exact) mass is 501 g/mol. The molecule has 9 heteroatoms. The molecule has 3 amide bonds. The number of aryl methyl sites for hydroxylation is 1. The fraction of sp³-hybridized carbons (Fsp3) is 0.519. The van der Waals surface area contributed by atoms with Gasteiger partial charge in [0.2, 0.25) is 11.8 Å². The maximum absolute atomic E-state index is 14.9. The molecule has 3 unspecified atom stereocenters. The molecule has 0 saturated carbocycles. The molecule has 36 heavy (non-hydrogen) atoms. The Morgan fingerprint density at radius 1 is 1.28 bits per heavy atom. The van der Waals surface area contributed by atoms with Crippen molar-refractivity contribution < 1.29 is 27.9 Å². The van der Waals surface area contributed by atoms with E-state index in [0.717, 1.165) is 5.57 Å². The Kier molecular flexibility index (Phi) is 7.20. The number of fused-ring (bicyclic) bond motifs is 1. The molecule has 2 saturated heterocycles. The summed E-state index contributed by atoms with van der Waals surface area (Å²) in [5, 5.41) is 5.27. The Hall–Kier alpha value is -3.23. The normalized spacial score (nSPS) is 24.2. The lowest BCUT2D eigenvalue weighted by atomic mass is 9.89. The van der Waals surface area contributed by atoms with Crippen molar-refractivity contribution in [2.75, 3.05) is 13.1 Å². The Bertz CT molecular complexity index is 1130. The van der Waals surface area contributed by atoms with E-state index in [0.29, 0.717) is 42.7 Å². The second-order valence-electron chi connectivity index (χ2n) is 10.2. The number of rotatable bonds is 7. The molecule has 2 N–H and O–H groups in total. The van der Waals surface area contributed by atoms with Crippen LogP contribution in [0.1, 0.15) is 51.2 Å². The van der Waals surface area contributed by atoms with Gasteiger partial charge in [0.1, 0.15) is 5.75 Å². The smallest absolute Gasteiger partial charge is 0.349 e. The van der Waals surface area contributed by atoms with E-state index in [1.807, 2.05) is 25.7 Å². The quantitative estimate of drug-likeness (QED) is 0.600. The maximum Gasteiger partial charge on any atom is 0.349 e. The predicted octanol–water partition coefficient (Wildman–Crippen LogP) is 3.37. The van der Waals surface area contributed by atoms with Crippen molar-refractivity contribution in [3.8, 4) is 5.75 Å². The lowest BCUT2D eigenvalue weighted by molar-refractivity contribution is -0.146. The molecule has 3 atom stereocenters. The highest BCUT2D eigenvalue weighted by Crippen LogP contribution is 2.36. The van der Waals surface area contributed by atoms with Crippen molar-refractivity contribution in [1.82, 2.24) is 15.5 Å². The summed E-state index contributed by atoms with van der Waals surface area (Å²) in [4.78, 5) is 38.9. The minimum Gasteiger partial charge on any atom is -0.491 e. The number of piperidine rings is 1. The fourth-order valence-electron chi connectivity index (χ4n) is 5.19. The van der Waals surface area contributed by atoms with E-state index in [9.17, 15) is 23.2 Å². The van der Waals surface area contributed by atoms with Gasteiger partial charge in [-0.2, -0.15) is 8.78 Å². The van der Waals surface area contributed by atoms with Crippen LogP contribution in [0.5, 0.6) is 5.75 Å². The second-order valence-corrected chi connectivity index (χ2v) is 10.2. The summed E-state index contributed by atoms with van der Waals surface area (Å²) in [7, 11) is 0. The first-order valence-corrected chi connectivity index (χ1v) is 12.4. The van der Waals surface area contributed by atoms with E-state index in [-0.39, 0.29) is 48.0 Å². The van der Waals surface area contributed by atoms with Crippen LogP contribution in [0.2, 0.25) is 0 Å². The van der Waals surface area contributed by atoms with Gasteiger partial charge in [-0.3, -0.25) is 14.4 Å². The molecule has 0 radical (unpaired) electrons. The Labute approximate surface area is 209 Å². The number of benzene rings is 1. The number of carbonyl (C=O) groups is 3. The molecular weight excluding hydrogens is 468 g/mol. The first kappa shape index (κ1) is 25.9. The van der Waals surface area contributed by atoms with E-state index in [4.69, 9.17) is 4.74 Å². The van der Waals surface area contributed by atoms with Gasteiger partial charge in [-0.1, -0.05) is 17.7 Å². The number of alkyl halides is 2. The average molecular weight is 502 g/mol. The number of hydrogen-bond donors (Lipinski definition) is 2. The molecular formula is C27H33F2N3O4. The van der Waals surface area contributed by atoms with Crippen molar-refractivity contribution in [3.05, 3.63) is 52.6 Å². The molecule has 194 valence electrons. The van der Waals surface area contributed by atoms with Crippen molar-refractivity contribution in [2.45, 2.75) is 71.1 Å². The molecule has 3 aliphatic rings. The number of allylic oxidation sites excluding steroid dienone is 2. The van der Waals surface area contributed by atoms with Crippen LogP contribution >= 0.6 is 0 Å². The van der Waals surface area contributed by atoms with Crippen molar-refractivity contribution in [1.29, 1.82) is 0 Å². The summed E-state index contributed by atoms with van der Waals surface area (Å²) < 4.78 is 35.4. The molecule has 2 fully saturated rings. The van der Waals surface area contributed by atoms with Crippen LogP contribution in [-0.4, -0.2) is 53.9 Å². The summed E-state index contributed by atoms with van der Waals surface area (Å²) in [6, 6.07) is 3.76. The zero-order valence-electron chi connectivity index (χ0n) is 21.1. The van der Waals surface area contributed by atoms with E-state index < -0.39 is 11.8 Å². The third-order valence-electron chi connectivity index (χ3n) is 7.07. The molecule has 2 aliphatic heterocycles. The van der Waals surface area contributed by atoms with E-state index in [1.165, 1.54) is 18.2 Å². The number of halogens is 2. The highest BCUT2D eigenvalue weighted by molar-refractivity contribution is 5.97. The van der Waals surface area contributed by atoms with Crippen LogP contribution < -0.4 is 15.4 Å². The zero-order valence-corrected chi connectivity index (χ0v) is 21.1. The second kappa shape index (κ2) is 10.0. The van der Waals surface area contributed by atoms with Gasteiger partial charge in [0, 0.05) is 42.6 Å². The zero-order chi connectivity index (χ0) is 26.2. The first-order chi connectivity index (χ1) is 17.0. The van der Waals surface area contributed by atoms with Gasteiger partial charge in [-0.15, -0.1) is 0 Å². The van der Waals surface area contributed by atoms with Crippen LogP contribution in [0.15, 0.2) is 41.5 Å².